The van der Waals surface area contributed by atoms with Crippen molar-refractivity contribution in [3.63, 3.8) is 0 Å². The lowest BCUT2D eigenvalue weighted by molar-refractivity contribution is 0.111. The predicted octanol–water partition coefficient (Wildman–Crippen LogP) is 5.03. The second-order valence-electron chi connectivity index (χ2n) is 7.80. The number of aromatic nitrogens is 1. The number of amides is 2. The molecular weight excluding hydrogens is 368 g/mol. The van der Waals surface area contributed by atoms with E-state index in [-0.39, 0.29) is 7.46 Å². The Balaban J connectivity index is 0.00000240. The van der Waals surface area contributed by atoms with Crippen LogP contribution in [0, 0.1) is 0 Å². The van der Waals surface area contributed by atoms with E-state index in [1.165, 1.54) is 0 Å². The average molecular weight is 397 g/mol. The van der Waals surface area contributed by atoms with Gasteiger partial charge in [-0.05, 0) is 54.8 Å². The molecule has 1 N–H and O–H groups in total. The molecule has 148 valence electrons. The molecule has 2 amide bonds. The number of nitrogens with zero attached hydrogens (tertiary/aromatic N) is 3. The minimum Gasteiger partial charge on any atom is -0.316 e. The molecule has 1 aromatic carbocycles. The van der Waals surface area contributed by atoms with E-state index in [1.54, 1.807) is 11.8 Å². The van der Waals surface area contributed by atoms with Crippen molar-refractivity contribution in [2.75, 3.05) is 25.5 Å². The predicted molar refractivity (Wildman–Crippen MR) is 120 cm³/mol. The van der Waals surface area contributed by atoms with Crippen molar-refractivity contribution in [2.24, 2.45) is 0 Å². The van der Waals surface area contributed by atoms with E-state index in [0.29, 0.717) is 17.9 Å². The number of fused-ring (bicyclic) bond motifs is 3. The molecular formula is C22H28N4OS. The van der Waals surface area contributed by atoms with Gasteiger partial charge in [-0.3, -0.25) is 5.32 Å². The fourth-order valence-corrected chi connectivity index (χ4v) is 4.94. The first-order chi connectivity index (χ1) is 13.4. The van der Waals surface area contributed by atoms with Gasteiger partial charge in [0.2, 0.25) is 0 Å². The molecule has 28 heavy (non-hydrogen) atoms. The maximum atomic E-state index is 12.9. The van der Waals surface area contributed by atoms with E-state index < -0.39 is 0 Å². The Hall–Kier alpha value is -2.31. The fraction of sp³-hybridized carbons (Fsp3) is 0.364. The number of allylic oxidation sites excluding steroid dienone is 1. The summed E-state index contributed by atoms with van der Waals surface area (Å²) in [5, 5.41) is 5.09. The van der Waals surface area contributed by atoms with Gasteiger partial charge in [0.1, 0.15) is 5.82 Å². The second-order valence-corrected chi connectivity index (χ2v) is 9.20. The molecule has 2 bridgehead atoms. The molecule has 2 aromatic rings. The van der Waals surface area contributed by atoms with Gasteiger partial charge in [-0.25, -0.2) is 9.78 Å². The maximum absolute atomic E-state index is 12.9. The number of nitrogens with one attached hydrogen (secondary N) is 1. The van der Waals surface area contributed by atoms with Crippen molar-refractivity contribution < 1.29 is 6.22 Å². The summed E-state index contributed by atoms with van der Waals surface area (Å²) in [6, 6.07) is 8.68. The van der Waals surface area contributed by atoms with Gasteiger partial charge in [-0.2, -0.15) is 0 Å². The zero-order chi connectivity index (χ0) is 19.8. The van der Waals surface area contributed by atoms with Crippen molar-refractivity contribution in [3.8, 4) is 0 Å². The highest BCUT2D eigenvalue weighted by atomic mass is 32.2. The van der Waals surface area contributed by atoms with Crippen LogP contribution in [-0.2, 0) is 0 Å². The number of likely N-dealkylation sites (tertiary alicyclic amines) is 1. The third kappa shape index (κ3) is 3.80. The molecule has 0 saturated carbocycles. The zero-order valence-corrected chi connectivity index (χ0v) is 17.3. The van der Waals surface area contributed by atoms with E-state index in [9.17, 15) is 4.79 Å². The normalized spacial score (nSPS) is 21.7. The number of piperazine rings is 1. The summed E-state index contributed by atoms with van der Waals surface area (Å²) in [5.41, 5.74) is 1.06. The molecule has 5 nitrogen and oxygen atoms in total. The minimum atomic E-state index is -0.0362. The lowest BCUT2D eigenvalue weighted by atomic mass is 10.1. The SMILES string of the molecule is C=C(C)SC(=C)c1ccc2cnc(NC(=O)N3C4CCC3CN(C)C4)cc2c1.[HH]. The van der Waals surface area contributed by atoms with Crippen LogP contribution in [0.15, 0.2) is 48.5 Å². The molecule has 2 aliphatic heterocycles. The van der Waals surface area contributed by atoms with Crippen LogP contribution in [0.4, 0.5) is 10.6 Å². The van der Waals surface area contributed by atoms with Gasteiger partial charge in [-0.1, -0.05) is 37.1 Å². The number of carbonyl (C=O) groups is 1. The first kappa shape index (κ1) is 19.0. The average Bonchev–Trinajstić information content (AvgIpc) is 2.92. The van der Waals surface area contributed by atoms with Crippen molar-refractivity contribution in [1.29, 1.82) is 0 Å². The van der Waals surface area contributed by atoms with Gasteiger partial charge >= 0.3 is 6.03 Å². The molecule has 4 rings (SSSR count). The van der Waals surface area contributed by atoms with Crippen molar-refractivity contribution in [1.82, 2.24) is 14.8 Å². The van der Waals surface area contributed by atoms with Crippen LogP contribution < -0.4 is 5.32 Å². The molecule has 0 radical (unpaired) electrons. The number of urea groups is 1. The van der Waals surface area contributed by atoms with Crippen molar-refractivity contribution in [3.05, 3.63) is 54.1 Å². The van der Waals surface area contributed by atoms with Crippen LogP contribution in [0.5, 0.6) is 0 Å². The number of rotatable bonds is 4. The number of hydrogen-bond donors (Lipinski definition) is 1. The summed E-state index contributed by atoms with van der Waals surface area (Å²) in [7, 11) is 2.13. The molecule has 3 heterocycles. The summed E-state index contributed by atoms with van der Waals surface area (Å²) < 4.78 is 0. The maximum Gasteiger partial charge on any atom is 0.323 e. The highest BCUT2D eigenvalue weighted by molar-refractivity contribution is 8.11. The monoisotopic (exact) mass is 396 g/mol. The largest absolute Gasteiger partial charge is 0.323 e. The molecule has 0 spiro atoms. The third-order valence-electron chi connectivity index (χ3n) is 5.48. The fourth-order valence-electron chi connectivity index (χ4n) is 4.27. The Morgan fingerprint density at radius 2 is 1.93 bits per heavy atom. The van der Waals surface area contributed by atoms with Crippen LogP contribution in [0.1, 0.15) is 26.8 Å². The number of hydrogen-bond acceptors (Lipinski definition) is 4. The third-order valence-corrected chi connectivity index (χ3v) is 6.31. The zero-order valence-electron chi connectivity index (χ0n) is 16.4. The van der Waals surface area contributed by atoms with Crippen LogP contribution in [0.2, 0.25) is 0 Å². The minimum absolute atomic E-state index is 0. The lowest BCUT2D eigenvalue weighted by Gasteiger charge is -2.39. The smallest absolute Gasteiger partial charge is 0.316 e. The van der Waals surface area contributed by atoms with E-state index in [2.05, 4.69) is 41.5 Å². The summed E-state index contributed by atoms with van der Waals surface area (Å²) in [6.45, 7) is 11.9. The second kappa shape index (κ2) is 7.60. The van der Waals surface area contributed by atoms with Gasteiger partial charge in [0.05, 0.1) is 0 Å². The van der Waals surface area contributed by atoms with Gasteiger partial charge in [0, 0.05) is 43.1 Å². The molecule has 2 fully saturated rings. The van der Waals surface area contributed by atoms with E-state index in [1.807, 2.05) is 36.2 Å². The Morgan fingerprint density at radius 1 is 1.21 bits per heavy atom. The molecule has 0 aliphatic carbocycles. The summed E-state index contributed by atoms with van der Waals surface area (Å²) in [6.07, 6.45) is 3.97. The number of pyridine rings is 1. The topological polar surface area (TPSA) is 48.5 Å². The lowest BCUT2D eigenvalue weighted by Crippen LogP contribution is -2.55. The van der Waals surface area contributed by atoms with E-state index in [4.69, 9.17) is 0 Å². The Bertz CT molecular complexity index is 949. The van der Waals surface area contributed by atoms with Gasteiger partial charge in [0.25, 0.3) is 0 Å². The van der Waals surface area contributed by atoms with E-state index >= 15 is 0 Å². The van der Waals surface area contributed by atoms with Crippen LogP contribution in [0.3, 0.4) is 0 Å². The Labute approximate surface area is 172 Å². The number of benzene rings is 1. The van der Waals surface area contributed by atoms with Crippen molar-refractivity contribution in [2.45, 2.75) is 31.8 Å². The molecule has 2 saturated heterocycles. The van der Waals surface area contributed by atoms with E-state index in [0.717, 1.165) is 52.1 Å². The number of likely N-dealkylation sites (N-methyl/N-ethyl adjacent to an activating group) is 1. The standard InChI is InChI=1S/C22H26N4OS.H2/c1-14(2)28-15(3)16-5-6-17-11-23-21(10-18(17)9-16)24-22(27)26-19-7-8-20(26)13-25(4)12-19;/h5-6,9-11,19-20H,1,3,7-8,12-13H2,2,4H3,(H,23,24,27);1H. The van der Waals surface area contributed by atoms with Crippen LogP contribution in [-0.4, -0.2) is 53.0 Å². The summed E-state index contributed by atoms with van der Waals surface area (Å²) in [4.78, 5) is 23.6. The summed E-state index contributed by atoms with van der Waals surface area (Å²) >= 11 is 1.57. The van der Waals surface area contributed by atoms with Crippen molar-refractivity contribution >= 4 is 39.3 Å². The van der Waals surface area contributed by atoms with Gasteiger partial charge in [-0.15, -0.1) is 0 Å². The van der Waals surface area contributed by atoms with Gasteiger partial charge in [0.15, 0.2) is 0 Å². The molecule has 2 aliphatic rings. The molecule has 6 heteroatoms. The Morgan fingerprint density at radius 3 is 2.61 bits per heavy atom. The molecule has 1 aromatic heterocycles. The number of thioether (sulfide) groups is 1. The molecule has 2 atom stereocenters. The highest BCUT2D eigenvalue weighted by Crippen LogP contribution is 2.33. The van der Waals surface area contributed by atoms with Crippen LogP contribution >= 0.6 is 11.8 Å². The number of anilines is 1. The summed E-state index contributed by atoms with van der Waals surface area (Å²) in [5.74, 6) is 0.589. The Kier molecular flexibility index (Phi) is 5.17. The first-order valence-electron chi connectivity index (χ1n) is 9.61. The number of carbonyl (C=O) groups excluding carboxylic acids is 1. The highest BCUT2D eigenvalue weighted by Gasteiger charge is 2.41. The first-order valence-corrected chi connectivity index (χ1v) is 10.4. The molecule has 2 unspecified atom stereocenters. The van der Waals surface area contributed by atoms with Gasteiger partial charge < -0.3 is 9.80 Å². The quantitative estimate of drug-likeness (QED) is 0.787. The van der Waals surface area contributed by atoms with Crippen LogP contribution in [0.25, 0.3) is 15.7 Å².